The van der Waals surface area contributed by atoms with Gasteiger partial charge in [0.1, 0.15) is 0 Å². The molecule has 1 rings (SSSR count). The second kappa shape index (κ2) is 3.55. The molecule has 66 valence electrons. The average Bonchev–Trinajstić information content (AvgIpc) is 2.65. The SMILES string of the molecule is CCCC(C)(C)NCC1CO1. The molecule has 1 atom stereocenters. The van der Waals surface area contributed by atoms with Crippen molar-refractivity contribution < 1.29 is 4.74 Å². The molecule has 0 saturated carbocycles. The second-order valence-corrected chi connectivity index (χ2v) is 3.97. The van der Waals surface area contributed by atoms with Gasteiger partial charge in [0.15, 0.2) is 0 Å². The molecule has 1 heterocycles. The van der Waals surface area contributed by atoms with Gasteiger partial charge in [-0.1, -0.05) is 13.3 Å². The fourth-order valence-electron chi connectivity index (χ4n) is 1.29. The van der Waals surface area contributed by atoms with Crippen LogP contribution in [0, 0.1) is 0 Å². The largest absolute Gasteiger partial charge is 0.372 e. The van der Waals surface area contributed by atoms with Crippen LogP contribution in [-0.4, -0.2) is 24.8 Å². The zero-order valence-electron chi connectivity index (χ0n) is 7.81. The van der Waals surface area contributed by atoms with Gasteiger partial charge in [-0.25, -0.2) is 0 Å². The van der Waals surface area contributed by atoms with Crippen molar-refractivity contribution in [2.24, 2.45) is 0 Å². The summed E-state index contributed by atoms with van der Waals surface area (Å²) in [5.74, 6) is 0. The maximum atomic E-state index is 5.12. The summed E-state index contributed by atoms with van der Waals surface area (Å²) in [6, 6.07) is 0. The molecule has 1 fully saturated rings. The quantitative estimate of drug-likeness (QED) is 0.612. The molecular weight excluding hydrogens is 138 g/mol. The van der Waals surface area contributed by atoms with E-state index >= 15 is 0 Å². The molecular formula is C9H19NO. The van der Waals surface area contributed by atoms with Crippen molar-refractivity contribution in [2.45, 2.75) is 45.3 Å². The highest BCUT2D eigenvalue weighted by atomic mass is 16.6. The fraction of sp³-hybridized carbons (Fsp3) is 1.00. The minimum Gasteiger partial charge on any atom is -0.372 e. The van der Waals surface area contributed by atoms with Gasteiger partial charge in [-0.15, -0.1) is 0 Å². The molecule has 0 bridgehead atoms. The normalized spacial score (nSPS) is 23.7. The Morgan fingerprint density at radius 3 is 2.64 bits per heavy atom. The molecule has 0 aliphatic carbocycles. The van der Waals surface area contributed by atoms with Crippen molar-refractivity contribution in [3.05, 3.63) is 0 Å². The van der Waals surface area contributed by atoms with E-state index in [0.29, 0.717) is 11.6 Å². The van der Waals surface area contributed by atoms with Gasteiger partial charge >= 0.3 is 0 Å². The first-order valence-corrected chi connectivity index (χ1v) is 4.51. The summed E-state index contributed by atoms with van der Waals surface area (Å²) < 4.78 is 5.12. The second-order valence-electron chi connectivity index (χ2n) is 3.97. The Hall–Kier alpha value is -0.0800. The molecule has 0 aromatic rings. The highest BCUT2D eigenvalue weighted by Crippen LogP contribution is 2.13. The Kier molecular flexibility index (Phi) is 2.90. The monoisotopic (exact) mass is 157 g/mol. The highest BCUT2D eigenvalue weighted by molar-refractivity contribution is 4.81. The maximum absolute atomic E-state index is 5.12. The zero-order valence-corrected chi connectivity index (χ0v) is 7.81. The number of hydrogen-bond acceptors (Lipinski definition) is 2. The predicted molar refractivity (Wildman–Crippen MR) is 46.7 cm³/mol. The van der Waals surface area contributed by atoms with Gasteiger partial charge in [0, 0.05) is 12.1 Å². The van der Waals surface area contributed by atoms with Crippen molar-refractivity contribution in [3.8, 4) is 0 Å². The molecule has 11 heavy (non-hydrogen) atoms. The van der Waals surface area contributed by atoms with Gasteiger partial charge in [0.05, 0.1) is 12.7 Å². The number of nitrogens with one attached hydrogen (secondary N) is 1. The summed E-state index contributed by atoms with van der Waals surface area (Å²) in [4.78, 5) is 0. The maximum Gasteiger partial charge on any atom is 0.0934 e. The third-order valence-corrected chi connectivity index (χ3v) is 2.09. The van der Waals surface area contributed by atoms with Crippen molar-refractivity contribution >= 4 is 0 Å². The van der Waals surface area contributed by atoms with E-state index < -0.39 is 0 Å². The molecule has 2 heteroatoms. The van der Waals surface area contributed by atoms with Crippen molar-refractivity contribution in [1.82, 2.24) is 5.32 Å². The lowest BCUT2D eigenvalue weighted by atomic mass is 9.99. The average molecular weight is 157 g/mol. The van der Waals surface area contributed by atoms with Crippen molar-refractivity contribution in [3.63, 3.8) is 0 Å². The third kappa shape index (κ3) is 3.73. The molecule has 2 nitrogen and oxygen atoms in total. The van der Waals surface area contributed by atoms with Gasteiger partial charge in [0.25, 0.3) is 0 Å². The summed E-state index contributed by atoms with van der Waals surface area (Å²) in [5.41, 5.74) is 0.292. The molecule has 0 aromatic heterocycles. The van der Waals surface area contributed by atoms with E-state index in [2.05, 4.69) is 26.1 Å². The Bertz CT molecular complexity index is 119. The Labute approximate surface area is 69.3 Å². The van der Waals surface area contributed by atoms with Gasteiger partial charge in [-0.2, -0.15) is 0 Å². The summed E-state index contributed by atoms with van der Waals surface area (Å²) >= 11 is 0. The van der Waals surface area contributed by atoms with Crippen LogP contribution in [0.15, 0.2) is 0 Å². The van der Waals surface area contributed by atoms with Crippen LogP contribution in [0.3, 0.4) is 0 Å². The van der Waals surface area contributed by atoms with Gasteiger partial charge in [0.2, 0.25) is 0 Å². The van der Waals surface area contributed by atoms with Crippen LogP contribution in [0.5, 0.6) is 0 Å². The smallest absolute Gasteiger partial charge is 0.0934 e. The molecule has 1 N–H and O–H groups in total. The van der Waals surface area contributed by atoms with E-state index in [1.807, 2.05) is 0 Å². The standard InChI is InChI=1S/C9H19NO/c1-4-5-9(2,3)10-6-8-7-11-8/h8,10H,4-7H2,1-3H3. The van der Waals surface area contributed by atoms with E-state index in [0.717, 1.165) is 13.2 Å². The van der Waals surface area contributed by atoms with Gasteiger partial charge in [-0.3, -0.25) is 0 Å². The summed E-state index contributed by atoms with van der Waals surface area (Å²) in [7, 11) is 0. The number of ether oxygens (including phenoxy) is 1. The molecule has 0 spiro atoms. The molecule has 0 aromatic carbocycles. The van der Waals surface area contributed by atoms with Crippen LogP contribution in [0.1, 0.15) is 33.6 Å². The molecule has 1 aliphatic rings. The van der Waals surface area contributed by atoms with Crippen LogP contribution in [-0.2, 0) is 4.74 Å². The Morgan fingerprint density at radius 2 is 2.18 bits per heavy atom. The fourth-order valence-corrected chi connectivity index (χ4v) is 1.29. The molecule has 1 unspecified atom stereocenters. The van der Waals surface area contributed by atoms with E-state index in [-0.39, 0.29) is 0 Å². The van der Waals surface area contributed by atoms with Gasteiger partial charge in [-0.05, 0) is 20.3 Å². The minimum atomic E-state index is 0.292. The Morgan fingerprint density at radius 1 is 1.55 bits per heavy atom. The first-order chi connectivity index (χ1) is 5.14. The lowest BCUT2D eigenvalue weighted by molar-refractivity contribution is 0.324. The predicted octanol–water partition coefficient (Wildman–Crippen LogP) is 1.55. The minimum absolute atomic E-state index is 0.292. The first kappa shape index (κ1) is 9.01. The van der Waals surface area contributed by atoms with Crippen LogP contribution < -0.4 is 5.32 Å². The van der Waals surface area contributed by atoms with Crippen molar-refractivity contribution in [2.75, 3.05) is 13.2 Å². The molecule has 1 aliphatic heterocycles. The zero-order chi connectivity index (χ0) is 8.32. The topological polar surface area (TPSA) is 24.6 Å². The molecule has 0 amide bonds. The molecule has 1 saturated heterocycles. The van der Waals surface area contributed by atoms with Crippen LogP contribution in [0.25, 0.3) is 0 Å². The molecule has 0 radical (unpaired) electrons. The van der Waals surface area contributed by atoms with Crippen molar-refractivity contribution in [1.29, 1.82) is 0 Å². The summed E-state index contributed by atoms with van der Waals surface area (Å²) in [5, 5.41) is 3.50. The van der Waals surface area contributed by atoms with E-state index in [1.54, 1.807) is 0 Å². The highest BCUT2D eigenvalue weighted by Gasteiger charge is 2.25. The number of rotatable bonds is 5. The van der Waals surface area contributed by atoms with Crippen LogP contribution >= 0.6 is 0 Å². The van der Waals surface area contributed by atoms with E-state index in [4.69, 9.17) is 4.74 Å². The lowest BCUT2D eigenvalue weighted by Crippen LogP contribution is -2.41. The third-order valence-electron chi connectivity index (χ3n) is 2.09. The first-order valence-electron chi connectivity index (χ1n) is 4.51. The van der Waals surface area contributed by atoms with E-state index in [1.165, 1.54) is 12.8 Å². The van der Waals surface area contributed by atoms with Crippen LogP contribution in [0.2, 0.25) is 0 Å². The summed E-state index contributed by atoms with van der Waals surface area (Å²) in [6.45, 7) is 8.69. The Balaban J connectivity index is 2.09. The number of hydrogen-bond donors (Lipinski definition) is 1. The summed E-state index contributed by atoms with van der Waals surface area (Å²) in [6.07, 6.45) is 2.98. The van der Waals surface area contributed by atoms with E-state index in [9.17, 15) is 0 Å². The van der Waals surface area contributed by atoms with Gasteiger partial charge < -0.3 is 10.1 Å². The number of epoxide rings is 1. The lowest BCUT2D eigenvalue weighted by Gasteiger charge is -2.25. The van der Waals surface area contributed by atoms with Crippen LogP contribution in [0.4, 0.5) is 0 Å².